The first-order valence-electron chi connectivity index (χ1n) is 9.82. The van der Waals surface area contributed by atoms with Crippen LogP contribution in [0.1, 0.15) is 55.4 Å². The zero-order chi connectivity index (χ0) is 17.8. The SMILES string of the molecule is O=C(NC1CCN(C2CCCCC2)CC1)c1cn(-c2ccccc2)nn1. The van der Waals surface area contributed by atoms with Gasteiger partial charge in [0, 0.05) is 25.2 Å². The van der Waals surface area contributed by atoms with Gasteiger partial charge in [-0.2, -0.15) is 0 Å². The summed E-state index contributed by atoms with van der Waals surface area (Å²) >= 11 is 0. The number of hydrogen-bond donors (Lipinski definition) is 1. The molecule has 1 aromatic carbocycles. The van der Waals surface area contributed by atoms with Crippen LogP contribution < -0.4 is 5.32 Å². The summed E-state index contributed by atoms with van der Waals surface area (Å²) in [5, 5.41) is 11.3. The number of para-hydroxylation sites is 1. The molecule has 1 N–H and O–H groups in total. The van der Waals surface area contributed by atoms with Crippen LogP contribution in [0.15, 0.2) is 36.5 Å². The van der Waals surface area contributed by atoms with Crippen LogP contribution in [0, 0.1) is 0 Å². The van der Waals surface area contributed by atoms with Gasteiger partial charge in [-0.1, -0.05) is 42.7 Å². The fraction of sp³-hybridized carbons (Fsp3) is 0.550. The predicted molar refractivity (Wildman–Crippen MR) is 100 cm³/mol. The molecule has 1 saturated heterocycles. The lowest BCUT2D eigenvalue weighted by Crippen LogP contribution is -2.48. The molecule has 2 heterocycles. The molecule has 6 nitrogen and oxygen atoms in total. The number of carbonyl (C=O) groups is 1. The third kappa shape index (κ3) is 3.96. The van der Waals surface area contributed by atoms with Crippen molar-refractivity contribution in [3.8, 4) is 5.69 Å². The van der Waals surface area contributed by atoms with Crippen molar-refractivity contribution in [3.05, 3.63) is 42.2 Å². The molecular weight excluding hydrogens is 326 g/mol. The summed E-state index contributed by atoms with van der Waals surface area (Å²) in [7, 11) is 0. The monoisotopic (exact) mass is 353 g/mol. The second-order valence-corrected chi connectivity index (χ2v) is 7.46. The first kappa shape index (κ1) is 17.2. The van der Waals surface area contributed by atoms with Gasteiger partial charge in [0.05, 0.1) is 11.9 Å². The average Bonchev–Trinajstić information content (AvgIpc) is 3.20. The number of nitrogens with one attached hydrogen (secondary N) is 1. The number of aromatic nitrogens is 3. The summed E-state index contributed by atoms with van der Waals surface area (Å²) < 4.78 is 1.64. The summed E-state index contributed by atoms with van der Waals surface area (Å²) in [6, 6.07) is 10.7. The number of carbonyl (C=O) groups excluding carboxylic acids is 1. The second kappa shape index (κ2) is 7.99. The Morgan fingerprint density at radius 2 is 1.73 bits per heavy atom. The summed E-state index contributed by atoms with van der Waals surface area (Å²) in [5.41, 5.74) is 1.28. The van der Waals surface area contributed by atoms with Crippen molar-refractivity contribution in [2.45, 2.75) is 57.0 Å². The number of likely N-dealkylation sites (tertiary alicyclic amines) is 1. The van der Waals surface area contributed by atoms with E-state index in [1.54, 1.807) is 10.9 Å². The molecule has 1 aliphatic heterocycles. The summed E-state index contributed by atoms with van der Waals surface area (Å²) in [4.78, 5) is 15.1. The lowest BCUT2D eigenvalue weighted by molar-refractivity contribution is 0.0861. The van der Waals surface area contributed by atoms with Gasteiger partial charge in [0.25, 0.3) is 5.91 Å². The highest BCUT2D eigenvalue weighted by Gasteiger charge is 2.27. The molecule has 4 rings (SSSR count). The molecule has 0 atom stereocenters. The van der Waals surface area contributed by atoms with E-state index in [0.717, 1.165) is 37.7 Å². The van der Waals surface area contributed by atoms with Crippen LogP contribution in [0.3, 0.4) is 0 Å². The van der Waals surface area contributed by atoms with Gasteiger partial charge < -0.3 is 10.2 Å². The molecule has 1 aromatic heterocycles. The van der Waals surface area contributed by atoms with Crippen molar-refractivity contribution in [2.24, 2.45) is 0 Å². The molecule has 0 radical (unpaired) electrons. The molecule has 1 amide bonds. The molecule has 2 fully saturated rings. The lowest BCUT2D eigenvalue weighted by Gasteiger charge is -2.39. The van der Waals surface area contributed by atoms with Gasteiger partial charge in [-0.15, -0.1) is 5.10 Å². The standard InChI is InChI=1S/C20H27N5O/c26-20(19-15-25(23-22-19)18-9-5-2-6-10-18)21-16-11-13-24(14-12-16)17-7-3-1-4-8-17/h2,5-6,9-10,15-17H,1,3-4,7-8,11-14H2,(H,21,26). The Morgan fingerprint density at radius 1 is 1.00 bits per heavy atom. The Morgan fingerprint density at radius 3 is 2.46 bits per heavy atom. The lowest BCUT2D eigenvalue weighted by atomic mass is 9.92. The van der Waals surface area contributed by atoms with Gasteiger partial charge in [-0.25, -0.2) is 4.68 Å². The molecule has 1 aliphatic carbocycles. The maximum atomic E-state index is 12.5. The number of benzene rings is 1. The highest BCUT2D eigenvalue weighted by Crippen LogP contribution is 2.25. The maximum absolute atomic E-state index is 12.5. The predicted octanol–water partition coefficient (Wildman–Crippen LogP) is 2.79. The van der Waals surface area contributed by atoms with Crippen LogP contribution in [0.2, 0.25) is 0 Å². The van der Waals surface area contributed by atoms with Crippen molar-refractivity contribution >= 4 is 5.91 Å². The fourth-order valence-electron chi connectivity index (χ4n) is 4.19. The number of nitrogens with zero attached hydrogens (tertiary/aromatic N) is 4. The molecule has 0 spiro atoms. The van der Waals surface area contributed by atoms with Gasteiger partial charge >= 0.3 is 0 Å². The van der Waals surface area contributed by atoms with Crippen LogP contribution >= 0.6 is 0 Å². The van der Waals surface area contributed by atoms with Crippen molar-refractivity contribution in [2.75, 3.05) is 13.1 Å². The van der Waals surface area contributed by atoms with Gasteiger partial charge in [0.1, 0.15) is 0 Å². The molecule has 0 bridgehead atoms. The van der Waals surface area contributed by atoms with Crippen LogP contribution in [0.25, 0.3) is 5.69 Å². The number of hydrogen-bond acceptors (Lipinski definition) is 4. The normalized spacial score (nSPS) is 20.2. The van der Waals surface area contributed by atoms with Gasteiger partial charge in [0.15, 0.2) is 5.69 Å². The number of amides is 1. The third-order valence-electron chi connectivity index (χ3n) is 5.70. The summed E-state index contributed by atoms with van der Waals surface area (Å²) in [5.74, 6) is -0.122. The van der Waals surface area contributed by atoms with E-state index >= 15 is 0 Å². The zero-order valence-corrected chi connectivity index (χ0v) is 15.2. The van der Waals surface area contributed by atoms with Crippen LogP contribution in [-0.4, -0.2) is 51.0 Å². The zero-order valence-electron chi connectivity index (χ0n) is 15.2. The first-order chi connectivity index (χ1) is 12.8. The van der Waals surface area contributed by atoms with Crippen molar-refractivity contribution < 1.29 is 4.79 Å². The van der Waals surface area contributed by atoms with E-state index in [0.29, 0.717) is 5.69 Å². The first-order valence-corrected chi connectivity index (χ1v) is 9.82. The second-order valence-electron chi connectivity index (χ2n) is 7.46. The van der Waals surface area contributed by atoms with Crippen LogP contribution in [0.4, 0.5) is 0 Å². The Hall–Kier alpha value is -2.21. The molecule has 26 heavy (non-hydrogen) atoms. The van der Waals surface area contributed by atoms with E-state index in [4.69, 9.17) is 0 Å². The van der Waals surface area contributed by atoms with E-state index in [1.165, 1.54) is 32.1 Å². The quantitative estimate of drug-likeness (QED) is 0.918. The highest BCUT2D eigenvalue weighted by atomic mass is 16.2. The summed E-state index contributed by atoms with van der Waals surface area (Å²) in [6.45, 7) is 2.18. The molecule has 1 saturated carbocycles. The largest absolute Gasteiger partial charge is 0.348 e. The highest BCUT2D eigenvalue weighted by molar-refractivity contribution is 5.92. The van der Waals surface area contributed by atoms with E-state index < -0.39 is 0 Å². The maximum Gasteiger partial charge on any atom is 0.273 e. The van der Waals surface area contributed by atoms with Crippen molar-refractivity contribution in [1.82, 2.24) is 25.2 Å². The fourth-order valence-corrected chi connectivity index (χ4v) is 4.19. The Balaban J connectivity index is 1.30. The minimum Gasteiger partial charge on any atom is -0.348 e. The van der Waals surface area contributed by atoms with E-state index in [-0.39, 0.29) is 11.9 Å². The topological polar surface area (TPSA) is 63.1 Å². The van der Waals surface area contributed by atoms with Gasteiger partial charge in [-0.05, 0) is 37.8 Å². The molecule has 6 heteroatoms. The molecule has 2 aliphatic rings. The minimum absolute atomic E-state index is 0.122. The van der Waals surface area contributed by atoms with Crippen LogP contribution in [-0.2, 0) is 0 Å². The van der Waals surface area contributed by atoms with E-state index in [1.807, 2.05) is 30.3 Å². The minimum atomic E-state index is -0.122. The average molecular weight is 353 g/mol. The van der Waals surface area contributed by atoms with Crippen molar-refractivity contribution in [3.63, 3.8) is 0 Å². The van der Waals surface area contributed by atoms with E-state index in [2.05, 4.69) is 20.5 Å². The van der Waals surface area contributed by atoms with Gasteiger partial charge in [-0.3, -0.25) is 4.79 Å². The number of piperidine rings is 1. The van der Waals surface area contributed by atoms with E-state index in [9.17, 15) is 4.79 Å². The Labute approximate surface area is 154 Å². The number of rotatable bonds is 4. The van der Waals surface area contributed by atoms with Crippen LogP contribution in [0.5, 0.6) is 0 Å². The Bertz CT molecular complexity index is 715. The van der Waals surface area contributed by atoms with Gasteiger partial charge in [0.2, 0.25) is 0 Å². The van der Waals surface area contributed by atoms with Crippen molar-refractivity contribution in [1.29, 1.82) is 0 Å². The molecule has 138 valence electrons. The molecule has 0 unspecified atom stereocenters. The third-order valence-corrected chi connectivity index (χ3v) is 5.70. The Kier molecular flexibility index (Phi) is 5.29. The molecule has 2 aromatic rings. The summed E-state index contributed by atoms with van der Waals surface area (Å²) in [6.07, 6.45) is 10.6. The molecular formula is C20H27N5O. The smallest absolute Gasteiger partial charge is 0.273 e.